The van der Waals surface area contributed by atoms with Crippen LogP contribution in [0.4, 0.5) is 4.39 Å². The molecule has 0 amide bonds. The van der Waals surface area contributed by atoms with Crippen molar-refractivity contribution < 1.29 is 34.4 Å². The molecular formula is C28H30FIrN2O2Si-. The maximum Gasteiger partial charge on any atom is 0.155 e. The van der Waals surface area contributed by atoms with Crippen LogP contribution in [0.2, 0.25) is 19.6 Å². The van der Waals surface area contributed by atoms with E-state index in [9.17, 15) is 9.18 Å². The molecule has 4 nitrogen and oxygen atoms in total. The van der Waals surface area contributed by atoms with Crippen molar-refractivity contribution in [2.75, 3.05) is 0 Å². The van der Waals surface area contributed by atoms with Crippen molar-refractivity contribution in [3.63, 3.8) is 0 Å². The number of aromatic nitrogens is 2. The molecule has 0 unspecified atom stereocenters. The maximum absolute atomic E-state index is 14.5. The van der Waals surface area contributed by atoms with Crippen LogP contribution in [-0.2, 0) is 24.9 Å². The molecule has 35 heavy (non-hydrogen) atoms. The standard InChI is InChI=1S/C23H22FN2Si.C5H8O2.Ir/c1-14-8-15(2)10-16(9-14)22-20-13-26-23-19(18(20)6-7-25-22)11-17(24)12-21(23)27(3,4)5;1-4(6)3-5(2)7;/h6-9,11-13H,1-5H3;3,6H,1-2H3;/q-1;;/b;4-3-;. The quantitative estimate of drug-likeness (QED) is 0.0883. The van der Waals surface area contributed by atoms with Gasteiger partial charge in [0.05, 0.1) is 19.3 Å². The minimum atomic E-state index is -1.73. The van der Waals surface area contributed by atoms with Crippen molar-refractivity contribution in [1.82, 2.24) is 9.97 Å². The maximum atomic E-state index is 14.5. The summed E-state index contributed by atoms with van der Waals surface area (Å²) in [6, 6.07) is 12.8. The van der Waals surface area contributed by atoms with Crippen LogP contribution in [0.1, 0.15) is 25.0 Å². The predicted molar refractivity (Wildman–Crippen MR) is 141 cm³/mol. The van der Waals surface area contributed by atoms with Crippen molar-refractivity contribution >= 4 is 40.7 Å². The number of aliphatic hydroxyl groups is 1. The topological polar surface area (TPSA) is 63.1 Å². The van der Waals surface area contributed by atoms with Gasteiger partial charge in [-0.1, -0.05) is 33.5 Å². The number of nitrogens with zero attached hydrogens (tertiary/aromatic N) is 2. The summed E-state index contributed by atoms with van der Waals surface area (Å²) in [7, 11) is -1.73. The molecule has 1 N–H and O–H groups in total. The fourth-order valence-electron chi connectivity index (χ4n) is 4.02. The molecule has 7 heteroatoms. The van der Waals surface area contributed by atoms with Gasteiger partial charge in [-0.15, -0.1) is 34.9 Å². The van der Waals surface area contributed by atoms with Gasteiger partial charge in [0, 0.05) is 44.0 Å². The number of hydrogen-bond donors (Lipinski definition) is 1. The number of carbonyl (C=O) groups is 1. The molecule has 4 aromatic rings. The molecule has 1 radical (unpaired) electrons. The minimum Gasteiger partial charge on any atom is -0.512 e. The van der Waals surface area contributed by atoms with Crippen LogP contribution >= 0.6 is 0 Å². The molecule has 4 rings (SSSR count). The largest absolute Gasteiger partial charge is 0.512 e. The first-order valence-electron chi connectivity index (χ1n) is 11.1. The molecule has 2 aromatic heterocycles. The molecule has 0 fully saturated rings. The van der Waals surface area contributed by atoms with Gasteiger partial charge in [0.2, 0.25) is 0 Å². The van der Waals surface area contributed by atoms with Gasteiger partial charge in [-0.3, -0.25) is 9.78 Å². The van der Waals surface area contributed by atoms with E-state index in [1.54, 1.807) is 18.3 Å². The first-order chi connectivity index (χ1) is 15.9. The number of fused-ring (bicyclic) bond motifs is 3. The first kappa shape index (κ1) is 28.5. The Balaban J connectivity index is 0.000000476. The number of halogens is 1. The summed E-state index contributed by atoms with van der Waals surface area (Å²) in [5, 5.41) is 12.2. The summed E-state index contributed by atoms with van der Waals surface area (Å²) in [6.45, 7) is 13.6. The average Bonchev–Trinajstić information content (AvgIpc) is 2.70. The van der Waals surface area contributed by atoms with Gasteiger partial charge < -0.3 is 10.1 Å². The fourth-order valence-corrected chi connectivity index (χ4v) is 5.50. The van der Waals surface area contributed by atoms with E-state index in [0.717, 1.165) is 43.7 Å². The van der Waals surface area contributed by atoms with E-state index < -0.39 is 8.07 Å². The van der Waals surface area contributed by atoms with E-state index in [2.05, 4.69) is 49.7 Å². The van der Waals surface area contributed by atoms with E-state index in [-0.39, 0.29) is 37.5 Å². The van der Waals surface area contributed by atoms with E-state index in [0.29, 0.717) is 0 Å². The summed E-state index contributed by atoms with van der Waals surface area (Å²) >= 11 is 0. The third kappa shape index (κ3) is 6.91. The Hall–Kier alpha value is -2.73. The van der Waals surface area contributed by atoms with Gasteiger partial charge in [0.25, 0.3) is 0 Å². The Morgan fingerprint density at radius 2 is 1.71 bits per heavy atom. The monoisotopic (exact) mass is 666 g/mol. The zero-order valence-corrected chi connectivity index (χ0v) is 24.5. The predicted octanol–water partition coefficient (Wildman–Crippen LogP) is 6.59. The molecule has 0 atom stereocenters. The Labute approximate surface area is 220 Å². The third-order valence-electron chi connectivity index (χ3n) is 5.30. The fraction of sp³-hybridized carbons (Fsp3) is 0.250. The zero-order chi connectivity index (χ0) is 25.2. The van der Waals surface area contributed by atoms with E-state index >= 15 is 0 Å². The van der Waals surface area contributed by atoms with Crippen molar-refractivity contribution in [2.24, 2.45) is 0 Å². The number of benzene rings is 2. The smallest absolute Gasteiger partial charge is 0.155 e. The van der Waals surface area contributed by atoms with Gasteiger partial charge >= 0.3 is 0 Å². The van der Waals surface area contributed by atoms with Crippen LogP contribution in [0.3, 0.4) is 0 Å². The minimum absolute atomic E-state index is 0. The summed E-state index contributed by atoms with van der Waals surface area (Å²) < 4.78 is 14.5. The molecule has 0 spiro atoms. The second-order valence-corrected chi connectivity index (χ2v) is 14.7. The van der Waals surface area contributed by atoms with Crippen LogP contribution in [-0.4, -0.2) is 28.9 Å². The van der Waals surface area contributed by atoms with Crippen LogP contribution in [0.25, 0.3) is 32.9 Å². The van der Waals surface area contributed by atoms with Gasteiger partial charge in [-0.2, -0.15) is 0 Å². The van der Waals surface area contributed by atoms with Crippen molar-refractivity contribution in [3.05, 3.63) is 77.6 Å². The van der Waals surface area contributed by atoms with Crippen molar-refractivity contribution in [2.45, 2.75) is 47.3 Å². The first-order valence-corrected chi connectivity index (χ1v) is 14.6. The van der Waals surface area contributed by atoms with Gasteiger partial charge in [0.1, 0.15) is 5.82 Å². The number of ketones is 1. The molecular weight excluding hydrogens is 636 g/mol. The number of allylic oxidation sites excluding steroid dienone is 2. The Bertz CT molecular complexity index is 1400. The van der Waals surface area contributed by atoms with E-state index in [1.165, 1.54) is 25.5 Å². The summed E-state index contributed by atoms with van der Waals surface area (Å²) in [6.07, 6.45) is 4.84. The Morgan fingerprint density at radius 3 is 2.26 bits per heavy atom. The van der Waals surface area contributed by atoms with Crippen molar-refractivity contribution in [3.8, 4) is 11.3 Å². The Morgan fingerprint density at radius 1 is 1.03 bits per heavy atom. The van der Waals surface area contributed by atoms with Gasteiger partial charge in [-0.05, 0) is 53.7 Å². The number of pyridine rings is 2. The van der Waals surface area contributed by atoms with Crippen LogP contribution in [0.5, 0.6) is 0 Å². The molecule has 2 aromatic carbocycles. The number of hydrogen-bond acceptors (Lipinski definition) is 4. The second kappa shape index (κ2) is 11.3. The Kier molecular flexibility index (Phi) is 9.23. The normalized spacial score (nSPS) is 11.6. The van der Waals surface area contributed by atoms with E-state index in [4.69, 9.17) is 10.1 Å². The molecule has 0 saturated heterocycles. The van der Waals surface area contributed by atoms with Crippen LogP contribution in [0.15, 0.2) is 54.6 Å². The van der Waals surface area contributed by atoms with Crippen molar-refractivity contribution in [1.29, 1.82) is 0 Å². The summed E-state index contributed by atoms with van der Waals surface area (Å²) in [5.74, 6) is -0.266. The molecule has 0 aliphatic rings. The second-order valence-electron chi connectivity index (χ2n) is 9.63. The molecule has 185 valence electrons. The molecule has 2 heterocycles. The number of aliphatic hydroxyl groups excluding tert-OH is 1. The van der Waals surface area contributed by atoms with Crippen LogP contribution < -0.4 is 5.19 Å². The van der Waals surface area contributed by atoms with E-state index in [1.807, 2.05) is 19.2 Å². The third-order valence-corrected chi connectivity index (χ3v) is 7.30. The molecule has 0 bridgehead atoms. The summed E-state index contributed by atoms with van der Waals surface area (Å²) in [4.78, 5) is 19.4. The number of aryl methyl sites for hydroxylation is 2. The van der Waals surface area contributed by atoms with Gasteiger partial charge in [0.15, 0.2) is 5.78 Å². The average molecular weight is 666 g/mol. The molecule has 0 aliphatic carbocycles. The molecule has 0 saturated carbocycles. The summed E-state index contributed by atoms with van der Waals surface area (Å²) in [5.41, 5.74) is 4.93. The SMILES string of the molecule is CC(=O)/C=C(/C)O.Cc1[c-]c(-c2nccc3c2cnc2c([Si](C)(C)C)cc(F)cc23)cc(C)c1.[Ir]. The number of carbonyl (C=O) groups excluding carboxylic acids is 1. The zero-order valence-electron chi connectivity index (χ0n) is 21.1. The van der Waals surface area contributed by atoms with Crippen LogP contribution in [0, 0.1) is 25.7 Å². The van der Waals surface area contributed by atoms with Gasteiger partial charge in [-0.25, -0.2) is 4.39 Å². The molecule has 0 aliphatic heterocycles. The number of rotatable bonds is 3.